The number of carbonyl (C=O) groups is 2. The lowest BCUT2D eigenvalue weighted by Crippen LogP contribution is -2.51. The van der Waals surface area contributed by atoms with Gasteiger partial charge in [-0.2, -0.15) is 0 Å². The number of carbonyl (C=O) groups excluding carboxylic acids is 2. The number of hydrogen-bond acceptors (Lipinski definition) is 5. The van der Waals surface area contributed by atoms with Crippen LogP contribution in [0.5, 0.6) is 0 Å². The second kappa shape index (κ2) is 8.71. The number of methoxy groups -OCH3 is 1. The Kier molecular flexibility index (Phi) is 6.31. The molecule has 0 amide bonds. The Hall–Kier alpha value is -2.44. The van der Waals surface area contributed by atoms with Crippen LogP contribution in [-0.2, 0) is 11.3 Å². The third-order valence-corrected chi connectivity index (χ3v) is 5.66. The lowest BCUT2D eigenvalue weighted by atomic mass is 10.0. The van der Waals surface area contributed by atoms with E-state index in [1.807, 2.05) is 13.0 Å². The van der Waals surface area contributed by atoms with E-state index >= 15 is 0 Å². The van der Waals surface area contributed by atoms with Crippen molar-refractivity contribution in [3.05, 3.63) is 58.4 Å². The maximum Gasteiger partial charge on any atom is 0.339 e. The van der Waals surface area contributed by atoms with E-state index in [2.05, 4.69) is 39.0 Å². The molecule has 0 spiro atoms. The van der Waals surface area contributed by atoms with Gasteiger partial charge >= 0.3 is 5.97 Å². The lowest BCUT2D eigenvalue weighted by molar-refractivity contribution is 0.0599. The summed E-state index contributed by atoms with van der Waals surface area (Å²) in [4.78, 5) is 32.8. The second-order valence-corrected chi connectivity index (χ2v) is 7.45. The van der Waals surface area contributed by atoms with E-state index in [1.165, 1.54) is 12.7 Å². The molecule has 150 valence electrons. The van der Waals surface area contributed by atoms with Gasteiger partial charge in [0, 0.05) is 38.4 Å². The molecule has 0 unspecified atom stereocenters. The zero-order valence-corrected chi connectivity index (χ0v) is 17.1. The molecule has 0 radical (unpaired) electrons. The van der Waals surface area contributed by atoms with Crippen LogP contribution in [0, 0.1) is 13.8 Å². The predicted molar refractivity (Wildman–Crippen MR) is 109 cm³/mol. The van der Waals surface area contributed by atoms with E-state index in [0.29, 0.717) is 22.5 Å². The fourth-order valence-corrected chi connectivity index (χ4v) is 3.93. The zero-order chi connectivity index (χ0) is 20.3. The predicted octanol–water partition coefficient (Wildman–Crippen LogP) is 2.81. The molecule has 6 nitrogen and oxygen atoms in total. The Morgan fingerprint density at radius 2 is 1.75 bits per heavy atom. The molecule has 0 bridgehead atoms. The van der Waals surface area contributed by atoms with Crippen LogP contribution < -0.4 is 0 Å². The van der Waals surface area contributed by atoms with E-state index in [-0.39, 0.29) is 11.8 Å². The molecule has 1 fully saturated rings. The van der Waals surface area contributed by atoms with Gasteiger partial charge in [0.25, 0.3) is 0 Å². The number of benzene rings is 1. The van der Waals surface area contributed by atoms with Gasteiger partial charge in [0.1, 0.15) is 0 Å². The molecule has 1 aromatic heterocycles. The summed E-state index contributed by atoms with van der Waals surface area (Å²) in [7, 11) is 1.35. The third-order valence-electron chi connectivity index (χ3n) is 5.66. The smallest absolute Gasteiger partial charge is 0.339 e. The van der Waals surface area contributed by atoms with Gasteiger partial charge in [-0.1, -0.05) is 30.3 Å². The summed E-state index contributed by atoms with van der Waals surface area (Å²) in [5.74, 6) is -0.389. The number of hydrogen-bond donors (Lipinski definition) is 1. The molecule has 1 aromatic carbocycles. The summed E-state index contributed by atoms with van der Waals surface area (Å²) < 4.78 is 4.84. The summed E-state index contributed by atoms with van der Waals surface area (Å²) in [5, 5.41) is 0. The number of aryl methyl sites for hydroxylation is 1. The van der Waals surface area contributed by atoms with Gasteiger partial charge in [0.05, 0.1) is 24.4 Å². The Bertz CT molecular complexity index is 836. The van der Waals surface area contributed by atoms with Crippen molar-refractivity contribution in [2.24, 2.45) is 0 Å². The number of piperazine rings is 1. The molecule has 3 rings (SSSR count). The van der Waals surface area contributed by atoms with Gasteiger partial charge in [0.15, 0.2) is 5.78 Å². The number of esters is 1. The normalized spacial score (nSPS) is 16.7. The van der Waals surface area contributed by atoms with E-state index in [0.717, 1.165) is 32.7 Å². The molecule has 2 heterocycles. The number of Topliss-reactive ketones (excluding diaryl/α,β-unsaturated/α-hetero) is 1. The number of nitrogens with one attached hydrogen (secondary N) is 1. The number of aromatic nitrogens is 1. The molecule has 28 heavy (non-hydrogen) atoms. The second-order valence-electron chi connectivity index (χ2n) is 7.45. The Morgan fingerprint density at radius 1 is 1.11 bits per heavy atom. The first kappa shape index (κ1) is 20.3. The zero-order valence-electron chi connectivity index (χ0n) is 17.1. The van der Waals surface area contributed by atoms with Crippen molar-refractivity contribution >= 4 is 11.8 Å². The monoisotopic (exact) mass is 383 g/mol. The van der Waals surface area contributed by atoms with Crippen molar-refractivity contribution in [3.63, 3.8) is 0 Å². The number of ketones is 1. The molecular weight excluding hydrogens is 354 g/mol. The number of rotatable bonds is 6. The Labute approximate surface area is 166 Å². The van der Waals surface area contributed by atoms with Gasteiger partial charge in [-0.05, 0) is 31.9 Å². The Morgan fingerprint density at radius 3 is 2.36 bits per heavy atom. The van der Waals surface area contributed by atoms with E-state index in [9.17, 15) is 9.59 Å². The van der Waals surface area contributed by atoms with Crippen LogP contribution in [-0.4, -0.2) is 65.9 Å². The van der Waals surface area contributed by atoms with Gasteiger partial charge in [-0.25, -0.2) is 4.79 Å². The lowest BCUT2D eigenvalue weighted by Gasteiger charge is -2.37. The number of ether oxygens (including phenoxy) is 1. The molecular formula is C22H29N3O3. The highest BCUT2D eigenvalue weighted by Gasteiger charge is 2.30. The molecule has 1 aliphatic rings. The van der Waals surface area contributed by atoms with Crippen molar-refractivity contribution in [3.8, 4) is 0 Å². The summed E-state index contributed by atoms with van der Waals surface area (Å²) >= 11 is 0. The maximum absolute atomic E-state index is 13.1. The molecule has 2 aromatic rings. The minimum atomic E-state index is -0.410. The Balaban J connectivity index is 1.63. The first-order chi connectivity index (χ1) is 13.4. The molecule has 1 saturated heterocycles. The van der Waals surface area contributed by atoms with Crippen LogP contribution in [0.3, 0.4) is 0 Å². The summed E-state index contributed by atoms with van der Waals surface area (Å²) in [6.45, 7) is 10.0. The minimum absolute atomic E-state index is 0.0206. The first-order valence-electron chi connectivity index (χ1n) is 9.74. The van der Waals surface area contributed by atoms with Gasteiger partial charge < -0.3 is 9.72 Å². The van der Waals surface area contributed by atoms with Crippen LogP contribution >= 0.6 is 0 Å². The first-order valence-corrected chi connectivity index (χ1v) is 9.74. The van der Waals surface area contributed by atoms with Gasteiger partial charge in [-0.3, -0.25) is 14.6 Å². The quantitative estimate of drug-likeness (QED) is 0.614. The van der Waals surface area contributed by atoms with Crippen LogP contribution in [0.25, 0.3) is 0 Å². The van der Waals surface area contributed by atoms with E-state index in [1.54, 1.807) is 13.8 Å². The fourth-order valence-electron chi connectivity index (χ4n) is 3.93. The average molecular weight is 383 g/mol. The standard InChI is InChI=1S/C22H29N3O3/c1-15-19(22(27)28-4)16(2)23-20(15)21(26)17(3)25-12-10-24(11-13-25)14-18-8-6-5-7-9-18/h5-9,17,23H,10-14H2,1-4H3/t17-/m1/s1. The average Bonchev–Trinajstić information content (AvgIpc) is 3.01. The molecule has 6 heteroatoms. The van der Waals surface area contributed by atoms with E-state index in [4.69, 9.17) is 4.74 Å². The highest BCUT2D eigenvalue weighted by Crippen LogP contribution is 2.22. The van der Waals surface area contributed by atoms with Crippen molar-refractivity contribution in [1.29, 1.82) is 0 Å². The molecule has 0 saturated carbocycles. The minimum Gasteiger partial charge on any atom is -0.465 e. The summed E-state index contributed by atoms with van der Waals surface area (Å²) in [6.07, 6.45) is 0. The summed E-state index contributed by atoms with van der Waals surface area (Å²) in [5.41, 5.74) is 3.63. The molecule has 1 atom stereocenters. The van der Waals surface area contributed by atoms with Crippen LogP contribution in [0.1, 0.15) is 44.6 Å². The molecule has 1 N–H and O–H groups in total. The highest BCUT2D eigenvalue weighted by molar-refractivity contribution is 6.03. The molecule has 1 aliphatic heterocycles. The van der Waals surface area contributed by atoms with Crippen LogP contribution in [0.2, 0.25) is 0 Å². The van der Waals surface area contributed by atoms with Crippen molar-refractivity contribution in [2.75, 3.05) is 33.3 Å². The van der Waals surface area contributed by atoms with Crippen LogP contribution in [0.15, 0.2) is 30.3 Å². The highest BCUT2D eigenvalue weighted by atomic mass is 16.5. The third kappa shape index (κ3) is 4.18. The van der Waals surface area contributed by atoms with E-state index < -0.39 is 5.97 Å². The topological polar surface area (TPSA) is 65.6 Å². The number of aromatic amines is 1. The van der Waals surface area contributed by atoms with Gasteiger partial charge in [-0.15, -0.1) is 0 Å². The maximum atomic E-state index is 13.1. The van der Waals surface area contributed by atoms with Crippen molar-refractivity contribution in [1.82, 2.24) is 14.8 Å². The largest absolute Gasteiger partial charge is 0.465 e. The van der Waals surface area contributed by atoms with Crippen molar-refractivity contribution in [2.45, 2.75) is 33.4 Å². The summed E-state index contributed by atoms with van der Waals surface area (Å²) in [6, 6.07) is 10.2. The van der Waals surface area contributed by atoms with Gasteiger partial charge in [0.2, 0.25) is 0 Å². The number of H-pyrrole nitrogens is 1. The fraction of sp³-hybridized carbons (Fsp3) is 0.455. The van der Waals surface area contributed by atoms with Crippen molar-refractivity contribution < 1.29 is 14.3 Å². The molecule has 0 aliphatic carbocycles. The van der Waals surface area contributed by atoms with Crippen LogP contribution in [0.4, 0.5) is 0 Å². The number of nitrogens with zero attached hydrogens (tertiary/aromatic N) is 2. The SMILES string of the molecule is COC(=O)c1c(C)[nH]c(C(=O)[C@@H](C)N2CCN(Cc3ccccc3)CC2)c1C.